The molecular weight excluding hydrogens is 87.0 g/mol. The quantitative estimate of drug-likeness (QED) is 0.417. The van der Waals surface area contributed by atoms with Gasteiger partial charge in [0.25, 0.3) is 0 Å². The zero-order valence-electron chi connectivity index (χ0n) is 3.15. The van der Waals surface area contributed by atoms with E-state index in [1.54, 1.807) is 0 Å². The Morgan fingerprint density at radius 3 is 1.67 bits per heavy atom. The first-order valence-electron chi connectivity index (χ1n) is 2.07. The van der Waals surface area contributed by atoms with Gasteiger partial charge in [-0.1, -0.05) is 0 Å². The molecule has 0 aromatic carbocycles. The van der Waals surface area contributed by atoms with Gasteiger partial charge in [-0.15, -0.1) is 0 Å². The van der Waals surface area contributed by atoms with Crippen molar-refractivity contribution in [2.75, 3.05) is 0 Å². The second-order valence-electron chi connectivity index (χ2n) is 1.58. The van der Waals surface area contributed by atoms with Gasteiger partial charge >= 0.3 is 29.6 Å². The molecule has 1 nitrogen and oxygen atoms in total. The first-order chi connectivity index (χ1) is 2.39. The van der Waals surface area contributed by atoms with Crippen LogP contribution < -0.4 is 0 Å². The van der Waals surface area contributed by atoms with E-state index in [1.807, 2.05) is 0 Å². The molecule has 1 fully saturated rings. The Hall–Kier alpha value is 0.960. The van der Waals surface area contributed by atoms with E-state index in [9.17, 15) is 0 Å². The van der Waals surface area contributed by atoms with Gasteiger partial charge in [0, 0.05) is 0 Å². The summed E-state index contributed by atoms with van der Waals surface area (Å²) in [6.07, 6.45) is 3.39. The normalized spacial score (nSPS) is 21.5. The number of hydrogen-bond acceptors (Lipinski definition) is 1. The van der Waals surface area contributed by atoms with Crippen molar-refractivity contribution in [3.63, 3.8) is 0 Å². The molecule has 0 aromatic rings. The molecule has 0 aromatic heterocycles. The fourth-order valence-electron chi connectivity index (χ4n) is 0.387. The summed E-state index contributed by atoms with van der Waals surface area (Å²) in [4.78, 5) is 0. The Morgan fingerprint density at radius 1 is 1.33 bits per heavy atom. The number of hydrogen-bond donors (Lipinski definition) is 1. The first-order valence-corrected chi connectivity index (χ1v) is 2.07. The molecule has 1 saturated carbocycles. The monoisotopic (exact) mass is 96.1 g/mol. The van der Waals surface area contributed by atoms with Gasteiger partial charge < -0.3 is 5.11 Å². The average molecular weight is 96.1 g/mol. The molecule has 0 unspecified atom stereocenters. The van der Waals surface area contributed by atoms with E-state index >= 15 is 0 Å². The molecule has 1 rings (SSSR count). The number of aliphatic hydroxyl groups is 1. The van der Waals surface area contributed by atoms with E-state index in [-0.39, 0.29) is 35.7 Å². The molecule has 1 aliphatic rings. The summed E-state index contributed by atoms with van der Waals surface area (Å²) in [7, 11) is 0. The third-order valence-corrected chi connectivity index (χ3v) is 1.07. The van der Waals surface area contributed by atoms with Crippen molar-refractivity contribution in [1.29, 1.82) is 0 Å². The van der Waals surface area contributed by atoms with E-state index in [1.165, 1.54) is 6.42 Å². The van der Waals surface area contributed by atoms with E-state index in [4.69, 9.17) is 5.11 Å². The van der Waals surface area contributed by atoms with E-state index in [0.29, 0.717) is 0 Å². The van der Waals surface area contributed by atoms with Crippen molar-refractivity contribution in [3.05, 3.63) is 0 Å². The minimum atomic E-state index is 0. The van der Waals surface area contributed by atoms with Crippen molar-refractivity contribution >= 4 is 29.6 Å². The summed E-state index contributed by atoms with van der Waals surface area (Å²) in [5.74, 6) is 0. The van der Waals surface area contributed by atoms with Crippen LogP contribution in [0.15, 0.2) is 0 Å². The van der Waals surface area contributed by atoms with Gasteiger partial charge in [-0.2, -0.15) is 0 Å². The predicted molar refractivity (Wildman–Crippen MR) is 27.0 cm³/mol. The van der Waals surface area contributed by atoms with Gasteiger partial charge in [0.15, 0.2) is 0 Å². The van der Waals surface area contributed by atoms with Gasteiger partial charge in [0.05, 0.1) is 6.10 Å². The van der Waals surface area contributed by atoms with Crippen LogP contribution >= 0.6 is 0 Å². The predicted octanol–water partition coefficient (Wildman–Crippen LogP) is -0.117. The van der Waals surface area contributed by atoms with E-state index in [0.717, 1.165) is 12.8 Å². The molecular formula is C4H9NaO. The molecule has 1 aliphatic carbocycles. The van der Waals surface area contributed by atoms with Gasteiger partial charge in [0.2, 0.25) is 0 Å². The Morgan fingerprint density at radius 2 is 1.67 bits per heavy atom. The Labute approximate surface area is 60.0 Å². The molecule has 2 heteroatoms. The van der Waals surface area contributed by atoms with Crippen LogP contribution in [0.2, 0.25) is 0 Å². The van der Waals surface area contributed by atoms with E-state index < -0.39 is 0 Å². The number of rotatable bonds is 0. The summed E-state index contributed by atoms with van der Waals surface area (Å²) in [6.45, 7) is 0. The van der Waals surface area contributed by atoms with Crippen molar-refractivity contribution in [1.82, 2.24) is 0 Å². The third-order valence-electron chi connectivity index (χ3n) is 1.07. The Balaban J connectivity index is 0.000000250. The minimum absolute atomic E-state index is 0. The Bertz CT molecular complexity index is 34.5. The van der Waals surface area contributed by atoms with Gasteiger partial charge in [-0.05, 0) is 19.3 Å². The molecule has 0 bridgehead atoms. The Kier molecular flexibility index (Phi) is 3.51. The van der Waals surface area contributed by atoms with Gasteiger partial charge in [0.1, 0.15) is 0 Å². The molecule has 6 heavy (non-hydrogen) atoms. The van der Waals surface area contributed by atoms with Gasteiger partial charge in [-0.25, -0.2) is 0 Å². The van der Waals surface area contributed by atoms with Crippen molar-refractivity contribution in [3.8, 4) is 0 Å². The molecule has 0 atom stereocenters. The van der Waals surface area contributed by atoms with Crippen LogP contribution in [0.25, 0.3) is 0 Å². The molecule has 0 amide bonds. The summed E-state index contributed by atoms with van der Waals surface area (Å²) in [6, 6.07) is 0. The third kappa shape index (κ3) is 1.61. The van der Waals surface area contributed by atoms with Crippen LogP contribution in [0.4, 0.5) is 0 Å². The molecule has 32 valence electrons. The molecule has 0 radical (unpaired) electrons. The van der Waals surface area contributed by atoms with Crippen LogP contribution in [0, 0.1) is 0 Å². The maximum atomic E-state index is 8.45. The topological polar surface area (TPSA) is 20.2 Å². The fraction of sp³-hybridized carbons (Fsp3) is 1.00. The summed E-state index contributed by atoms with van der Waals surface area (Å²) in [5, 5.41) is 8.45. The molecule has 0 heterocycles. The van der Waals surface area contributed by atoms with Crippen LogP contribution in [0.3, 0.4) is 0 Å². The van der Waals surface area contributed by atoms with Crippen molar-refractivity contribution in [2.45, 2.75) is 25.4 Å². The number of aliphatic hydroxyl groups excluding tert-OH is 1. The summed E-state index contributed by atoms with van der Waals surface area (Å²) >= 11 is 0. The first kappa shape index (κ1) is 6.96. The molecule has 0 spiro atoms. The molecule has 0 aliphatic heterocycles. The zero-order chi connectivity index (χ0) is 3.70. The molecule has 0 saturated heterocycles. The maximum absolute atomic E-state index is 8.45. The van der Waals surface area contributed by atoms with Crippen LogP contribution in [0.1, 0.15) is 19.3 Å². The zero-order valence-corrected chi connectivity index (χ0v) is 3.15. The molecule has 1 N–H and O–H groups in total. The van der Waals surface area contributed by atoms with Gasteiger partial charge in [-0.3, -0.25) is 0 Å². The summed E-state index contributed by atoms with van der Waals surface area (Å²) < 4.78 is 0. The van der Waals surface area contributed by atoms with Crippen LogP contribution in [-0.2, 0) is 0 Å². The fourth-order valence-corrected chi connectivity index (χ4v) is 0.387. The standard InChI is InChI=1S/C4H8O.Na.H/c5-4-2-1-3-4;;/h4-5H,1-3H2;;. The summed E-state index contributed by atoms with van der Waals surface area (Å²) in [5.41, 5.74) is 0. The van der Waals surface area contributed by atoms with Crippen molar-refractivity contribution in [2.24, 2.45) is 0 Å². The van der Waals surface area contributed by atoms with Crippen LogP contribution in [-0.4, -0.2) is 40.8 Å². The van der Waals surface area contributed by atoms with Crippen LogP contribution in [0.5, 0.6) is 0 Å². The van der Waals surface area contributed by atoms with E-state index in [2.05, 4.69) is 0 Å². The SMILES string of the molecule is OC1CCC1.[NaH]. The second kappa shape index (κ2) is 3.03. The van der Waals surface area contributed by atoms with Crippen molar-refractivity contribution < 1.29 is 5.11 Å². The average Bonchev–Trinajstić information content (AvgIpc) is 1.30. The second-order valence-corrected chi connectivity index (χ2v) is 1.58.